The molecule has 1 aliphatic rings. The molecular formula is C20H17F3N2O3. The first-order valence-electron chi connectivity index (χ1n) is 8.82. The molecule has 1 atom stereocenters. The number of nitrogens with zero attached hydrogens (tertiary/aromatic N) is 2. The molecular weight excluding hydrogens is 373 g/mol. The molecule has 2 heterocycles. The van der Waals surface area contributed by atoms with Gasteiger partial charge < -0.3 is 9.84 Å². The van der Waals surface area contributed by atoms with E-state index in [0.29, 0.717) is 35.6 Å². The van der Waals surface area contributed by atoms with Crippen molar-refractivity contribution in [2.45, 2.75) is 32.0 Å². The molecule has 0 aliphatic carbocycles. The highest BCUT2D eigenvalue weighted by Crippen LogP contribution is 2.36. The van der Waals surface area contributed by atoms with Crippen molar-refractivity contribution >= 4 is 17.0 Å². The zero-order valence-corrected chi connectivity index (χ0v) is 15.0. The van der Waals surface area contributed by atoms with E-state index in [1.165, 1.54) is 12.1 Å². The summed E-state index contributed by atoms with van der Waals surface area (Å²) in [5.41, 5.74) is 1.09. The highest BCUT2D eigenvalue weighted by molar-refractivity contribution is 5.91. The van der Waals surface area contributed by atoms with E-state index in [2.05, 4.69) is 4.98 Å². The van der Waals surface area contributed by atoms with E-state index in [9.17, 15) is 23.1 Å². The van der Waals surface area contributed by atoms with Gasteiger partial charge in [-0.3, -0.25) is 4.57 Å². The smallest absolute Gasteiger partial charge is 0.416 e. The molecule has 4 rings (SSSR count). The average molecular weight is 390 g/mol. The molecule has 0 unspecified atom stereocenters. The van der Waals surface area contributed by atoms with E-state index >= 15 is 0 Å². The number of alkyl halides is 3. The summed E-state index contributed by atoms with van der Waals surface area (Å²) in [6.45, 7) is 2.23. The van der Waals surface area contributed by atoms with Gasteiger partial charge in [-0.15, -0.1) is 0 Å². The number of imidazole rings is 1. The second-order valence-corrected chi connectivity index (χ2v) is 6.76. The van der Waals surface area contributed by atoms with Crippen LogP contribution < -0.4 is 0 Å². The van der Waals surface area contributed by atoms with Gasteiger partial charge in [0.05, 0.1) is 27.8 Å². The van der Waals surface area contributed by atoms with Crippen molar-refractivity contribution in [3.63, 3.8) is 0 Å². The first-order chi connectivity index (χ1) is 13.3. The number of hydrogen-bond acceptors (Lipinski definition) is 3. The van der Waals surface area contributed by atoms with Crippen LogP contribution in [0.5, 0.6) is 0 Å². The third kappa shape index (κ3) is 3.03. The number of carbonyl (C=O) groups is 1. The van der Waals surface area contributed by atoms with Crippen LogP contribution in [0.3, 0.4) is 0 Å². The van der Waals surface area contributed by atoms with Crippen LogP contribution in [-0.4, -0.2) is 27.2 Å². The van der Waals surface area contributed by atoms with Gasteiger partial charge in [0.2, 0.25) is 0 Å². The van der Waals surface area contributed by atoms with Gasteiger partial charge in [-0.05, 0) is 55.7 Å². The summed E-state index contributed by atoms with van der Waals surface area (Å²) in [6, 6.07) is 8.24. The van der Waals surface area contributed by atoms with Gasteiger partial charge in [0.1, 0.15) is 11.9 Å². The molecule has 1 saturated heterocycles. The fourth-order valence-corrected chi connectivity index (χ4v) is 3.62. The standard InChI is InChI=1S/C20H17F3N2O3/c1-11-13(19(26)27)4-2-5-15(11)25-16-8-7-12(20(21,22)23)10-14(16)24-18(25)17-6-3-9-28-17/h2,4-5,7-8,10,17H,3,6,9H2,1H3,(H,26,27)/t17-/m1/s1. The molecule has 0 bridgehead atoms. The number of carboxylic acid groups (broad SMARTS) is 1. The SMILES string of the molecule is Cc1c(C(=O)O)cccc1-n1c([C@H]2CCCO2)nc2cc(C(F)(F)F)ccc21. The lowest BCUT2D eigenvalue weighted by atomic mass is 10.1. The van der Waals surface area contributed by atoms with Crippen LogP contribution in [0.15, 0.2) is 36.4 Å². The van der Waals surface area contributed by atoms with Crippen molar-refractivity contribution in [1.82, 2.24) is 9.55 Å². The number of aromatic carboxylic acids is 1. The molecule has 5 nitrogen and oxygen atoms in total. The number of fused-ring (bicyclic) bond motifs is 1. The molecule has 8 heteroatoms. The average Bonchev–Trinajstić information content (AvgIpc) is 3.28. The third-order valence-corrected chi connectivity index (χ3v) is 5.00. The van der Waals surface area contributed by atoms with E-state index in [1.54, 1.807) is 23.6 Å². The predicted octanol–water partition coefficient (Wildman–Crippen LogP) is 4.90. The Morgan fingerprint density at radius 2 is 2.07 bits per heavy atom. The van der Waals surface area contributed by atoms with Gasteiger partial charge in [-0.1, -0.05) is 6.07 Å². The second kappa shape index (κ2) is 6.63. The van der Waals surface area contributed by atoms with Gasteiger partial charge in [0.15, 0.2) is 0 Å². The maximum atomic E-state index is 13.1. The zero-order chi connectivity index (χ0) is 20.1. The quantitative estimate of drug-likeness (QED) is 0.691. The maximum Gasteiger partial charge on any atom is 0.416 e. The van der Waals surface area contributed by atoms with Gasteiger partial charge >= 0.3 is 12.1 Å². The number of benzene rings is 2. The molecule has 1 aliphatic heterocycles. The Labute approximate surface area is 158 Å². The molecule has 0 radical (unpaired) electrons. The van der Waals surface area contributed by atoms with Crippen LogP contribution in [0, 0.1) is 6.92 Å². The van der Waals surface area contributed by atoms with Gasteiger partial charge in [0.25, 0.3) is 0 Å². The molecule has 3 aromatic rings. The van der Waals surface area contributed by atoms with E-state index < -0.39 is 17.7 Å². The number of aromatic nitrogens is 2. The molecule has 1 aromatic heterocycles. The summed E-state index contributed by atoms with van der Waals surface area (Å²) in [5, 5.41) is 9.43. The molecule has 2 aromatic carbocycles. The van der Waals surface area contributed by atoms with Gasteiger partial charge in [0, 0.05) is 6.61 Å². The molecule has 1 fully saturated rings. The van der Waals surface area contributed by atoms with Crippen LogP contribution in [0.4, 0.5) is 13.2 Å². The van der Waals surface area contributed by atoms with Crippen molar-refractivity contribution in [3.8, 4) is 5.69 Å². The van der Waals surface area contributed by atoms with Crippen LogP contribution in [0.2, 0.25) is 0 Å². The summed E-state index contributed by atoms with van der Waals surface area (Å²) >= 11 is 0. The normalized spacial score (nSPS) is 17.4. The van der Waals surface area contributed by atoms with E-state index in [0.717, 1.165) is 18.6 Å². The first kappa shape index (κ1) is 18.5. The van der Waals surface area contributed by atoms with Crippen molar-refractivity contribution in [3.05, 3.63) is 58.9 Å². The zero-order valence-electron chi connectivity index (χ0n) is 15.0. The Hall–Kier alpha value is -2.87. The van der Waals surface area contributed by atoms with Crippen molar-refractivity contribution in [2.75, 3.05) is 6.61 Å². The Morgan fingerprint density at radius 3 is 2.71 bits per heavy atom. The molecule has 28 heavy (non-hydrogen) atoms. The second-order valence-electron chi connectivity index (χ2n) is 6.76. The van der Waals surface area contributed by atoms with E-state index in [1.807, 2.05) is 0 Å². The number of ether oxygens (including phenoxy) is 1. The summed E-state index contributed by atoms with van der Waals surface area (Å²) in [4.78, 5) is 16.0. The molecule has 146 valence electrons. The molecule has 0 spiro atoms. The van der Waals surface area contributed by atoms with Gasteiger partial charge in [-0.2, -0.15) is 13.2 Å². The Kier molecular flexibility index (Phi) is 4.38. The number of halogens is 3. The van der Waals surface area contributed by atoms with E-state index in [4.69, 9.17) is 4.74 Å². The highest BCUT2D eigenvalue weighted by atomic mass is 19.4. The van der Waals surface area contributed by atoms with E-state index in [-0.39, 0.29) is 17.2 Å². The minimum absolute atomic E-state index is 0.129. The number of rotatable bonds is 3. The van der Waals surface area contributed by atoms with Crippen molar-refractivity contribution < 1.29 is 27.8 Å². The summed E-state index contributed by atoms with van der Waals surface area (Å²) < 4.78 is 46.8. The fourth-order valence-electron chi connectivity index (χ4n) is 3.62. The lowest BCUT2D eigenvalue weighted by Gasteiger charge is -2.16. The van der Waals surface area contributed by atoms with Crippen LogP contribution in [-0.2, 0) is 10.9 Å². The third-order valence-electron chi connectivity index (χ3n) is 5.00. The molecule has 0 saturated carbocycles. The first-order valence-corrected chi connectivity index (χ1v) is 8.82. The van der Waals surface area contributed by atoms with Crippen LogP contribution in [0.25, 0.3) is 16.7 Å². The topological polar surface area (TPSA) is 64.3 Å². The lowest BCUT2D eigenvalue weighted by molar-refractivity contribution is -0.137. The number of carboxylic acids is 1. The fraction of sp³-hybridized carbons (Fsp3) is 0.300. The monoisotopic (exact) mass is 390 g/mol. The highest BCUT2D eigenvalue weighted by Gasteiger charge is 2.32. The van der Waals surface area contributed by atoms with Crippen molar-refractivity contribution in [2.24, 2.45) is 0 Å². The number of hydrogen-bond donors (Lipinski definition) is 1. The molecule has 1 N–H and O–H groups in total. The van der Waals surface area contributed by atoms with Gasteiger partial charge in [-0.25, -0.2) is 9.78 Å². The maximum absolute atomic E-state index is 13.1. The van der Waals surface area contributed by atoms with Crippen LogP contribution in [0.1, 0.15) is 46.3 Å². The molecule has 0 amide bonds. The largest absolute Gasteiger partial charge is 0.478 e. The van der Waals surface area contributed by atoms with Crippen LogP contribution >= 0.6 is 0 Å². The van der Waals surface area contributed by atoms with Crippen molar-refractivity contribution in [1.29, 1.82) is 0 Å². The minimum Gasteiger partial charge on any atom is -0.478 e. The lowest BCUT2D eigenvalue weighted by Crippen LogP contribution is -2.10. The Bertz CT molecular complexity index is 1070. The summed E-state index contributed by atoms with van der Waals surface area (Å²) in [7, 11) is 0. The Morgan fingerprint density at radius 1 is 1.29 bits per heavy atom. The minimum atomic E-state index is -4.47. The Balaban J connectivity index is 1.99. The summed E-state index contributed by atoms with van der Waals surface area (Å²) in [6.07, 6.45) is -3.29. The predicted molar refractivity (Wildman–Crippen MR) is 95.7 cm³/mol. The summed E-state index contributed by atoms with van der Waals surface area (Å²) in [5.74, 6) is -0.584.